The average Bonchev–Trinajstić information content (AvgIpc) is 1.82. The van der Waals surface area contributed by atoms with Gasteiger partial charge in [-0.3, -0.25) is 0 Å². The molecule has 11 heavy (non-hydrogen) atoms. The summed E-state index contributed by atoms with van der Waals surface area (Å²) in [5, 5.41) is 11.3. The molecule has 0 aliphatic carbocycles. The Hall–Kier alpha value is -0.0800. The molecule has 65 valence electrons. The summed E-state index contributed by atoms with van der Waals surface area (Å²) in [4.78, 5) is 0. The van der Waals surface area contributed by atoms with E-state index in [1.807, 2.05) is 0 Å². The number of rotatable bonds is 0. The molecule has 1 heterocycles. The van der Waals surface area contributed by atoms with Crippen molar-refractivity contribution in [2.24, 2.45) is 0 Å². The summed E-state index contributed by atoms with van der Waals surface area (Å²) < 4.78 is 0. The molecule has 0 spiro atoms. The van der Waals surface area contributed by atoms with E-state index in [1.54, 1.807) is 0 Å². The lowest BCUT2D eigenvalue weighted by Gasteiger charge is -2.48. The summed E-state index contributed by atoms with van der Waals surface area (Å²) in [5.74, 6) is 0. The standard InChI is InChI=1S/C9H18NO/c1-8(2)6-5-7-9(3,4)10(8)11/h5,11H,6-7H2,1-4H3. The van der Waals surface area contributed by atoms with E-state index in [1.165, 1.54) is 5.06 Å². The third kappa shape index (κ3) is 1.57. The summed E-state index contributed by atoms with van der Waals surface area (Å²) >= 11 is 0. The Morgan fingerprint density at radius 2 is 1.45 bits per heavy atom. The van der Waals surface area contributed by atoms with Crippen molar-refractivity contribution in [3.05, 3.63) is 6.42 Å². The van der Waals surface area contributed by atoms with Crippen LogP contribution in [0, 0.1) is 6.42 Å². The second-order valence-electron chi connectivity index (χ2n) is 4.63. The van der Waals surface area contributed by atoms with Crippen LogP contribution in [0.25, 0.3) is 0 Å². The molecule has 1 N–H and O–H groups in total. The first-order valence-electron chi connectivity index (χ1n) is 4.17. The van der Waals surface area contributed by atoms with Crippen LogP contribution in [-0.2, 0) is 0 Å². The molecule has 1 aliphatic rings. The number of hydroxylamine groups is 2. The highest BCUT2D eigenvalue weighted by Gasteiger charge is 2.40. The molecule has 1 fully saturated rings. The maximum absolute atomic E-state index is 9.78. The topological polar surface area (TPSA) is 23.5 Å². The van der Waals surface area contributed by atoms with Gasteiger partial charge in [0, 0.05) is 11.1 Å². The lowest BCUT2D eigenvalue weighted by Crippen LogP contribution is -2.56. The Morgan fingerprint density at radius 1 is 1.09 bits per heavy atom. The molecular formula is C9H18NO. The van der Waals surface area contributed by atoms with Crippen molar-refractivity contribution < 1.29 is 5.21 Å². The van der Waals surface area contributed by atoms with Gasteiger partial charge in [-0.15, -0.1) is 0 Å². The van der Waals surface area contributed by atoms with Crippen molar-refractivity contribution in [3.63, 3.8) is 0 Å². The third-order valence-corrected chi connectivity index (χ3v) is 2.43. The Morgan fingerprint density at radius 3 is 1.73 bits per heavy atom. The molecule has 0 amide bonds. The molecule has 1 rings (SSSR count). The zero-order valence-corrected chi connectivity index (χ0v) is 7.89. The van der Waals surface area contributed by atoms with Gasteiger partial charge in [-0.05, 0) is 47.0 Å². The second-order valence-corrected chi connectivity index (χ2v) is 4.63. The zero-order chi connectivity index (χ0) is 8.70. The van der Waals surface area contributed by atoms with Crippen molar-refractivity contribution in [3.8, 4) is 0 Å². The van der Waals surface area contributed by atoms with Crippen LogP contribution in [0.1, 0.15) is 40.5 Å². The van der Waals surface area contributed by atoms with Crippen LogP contribution in [0.3, 0.4) is 0 Å². The molecule has 2 heteroatoms. The molecule has 0 unspecified atom stereocenters. The van der Waals surface area contributed by atoms with Crippen molar-refractivity contribution in [1.29, 1.82) is 0 Å². The molecule has 0 aromatic heterocycles. The minimum Gasteiger partial charge on any atom is -0.313 e. The molecule has 0 aromatic rings. The lowest BCUT2D eigenvalue weighted by molar-refractivity contribution is -0.233. The van der Waals surface area contributed by atoms with Crippen molar-refractivity contribution in [2.75, 3.05) is 0 Å². The van der Waals surface area contributed by atoms with Crippen LogP contribution in [0.4, 0.5) is 0 Å². The Labute approximate surface area is 69.2 Å². The van der Waals surface area contributed by atoms with E-state index in [-0.39, 0.29) is 11.1 Å². The minimum absolute atomic E-state index is 0.0955. The van der Waals surface area contributed by atoms with Crippen molar-refractivity contribution in [1.82, 2.24) is 5.06 Å². The van der Waals surface area contributed by atoms with E-state index in [9.17, 15) is 5.21 Å². The van der Waals surface area contributed by atoms with E-state index >= 15 is 0 Å². The first-order chi connectivity index (χ1) is 4.86. The summed E-state index contributed by atoms with van der Waals surface area (Å²) in [6, 6.07) is 0. The fourth-order valence-corrected chi connectivity index (χ4v) is 1.77. The van der Waals surface area contributed by atoms with Gasteiger partial charge in [0.25, 0.3) is 0 Å². The van der Waals surface area contributed by atoms with E-state index in [2.05, 4.69) is 34.1 Å². The fourth-order valence-electron chi connectivity index (χ4n) is 1.77. The van der Waals surface area contributed by atoms with Crippen LogP contribution in [0.5, 0.6) is 0 Å². The minimum atomic E-state index is -0.0955. The van der Waals surface area contributed by atoms with Crippen molar-refractivity contribution in [2.45, 2.75) is 51.6 Å². The first kappa shape index (κ1) is 9.01. The fraction of sp³-hybridized carbons (Fsp3) is 0.889. The highest BCUT2D eigenvalue weighted by Crippen LogP contribution is 2.35. The summed E-state index contributed by atoms with van der Waals surface area (Å²) in [6.07, 6.45) is 4.19. The molecule has 0 saturated carbocycles. The highest BCUT2D eigenvalue weighted by atomic mass is 16.5. The Balaban J connectivity index is 2.76. The van der Waals surface area contributed by atoms with E-state index in [0.29, 0.717) is 0 Å². The van der Waals surface area contributed by atoms with Crippen LogP contribution in [-0.4, -0.2) is 21.3 Å². The van der Waals surface area contributed by atoms with E-state index in [4.69, 9.17) is 0 Å². The molecule has 2 nitrogen and oxygen atoms in total. The molecular weight excluding hydrogens is 138 g/mol. The molecule has 1 radical (unpaired) electrons. The first-order valence-corrected chi connectivity index (χ1v) is 4.17. The van der Waals surface area contributed by atoms with Crippen LogP contribution in [0.2, 0.25) is 0 Å². The quantitative estimate of drug-likeness (QED) is 0.581. The van der Waals surface area contributed by atoms with Gasteiger partial charge in [0.15, 0.2) is 0 Å². The number of piperidine rings is 1. The largest absolute Gasteiger partial charge is 0.313 e. The monoisotopic (exact) mass is 156 g/mol. The normalized spacial score (nSPS) is 30.3. The van der Waals surface area contributed by atoms with Gasteiger partial charge in [0.1, 0.15) is 0 Å². The van der Waals surface area contributed by atoms with Gasteiger partial charge < -0.3 is 5.21 Å². The van der Waals surface area contributed by atoms with Gasteiger partial charge in [0.05, 0.1) is 0 Å². The third-order valence-electron chi connectivity index (χ3n) is 2.43. The van der Waals surface area contributed by atoms with Crippen LogP contribution < -0.4 is 0 Å². The molecule has 0 aromatic carbocycles. The molecule has 1 saturated heterocycles. The number of hydrogen-bond acceptors (Lipinski definition) is 2. The molecule has 1 aliphatic heterocycles. The number of hydrogen-bond donors (Lipinski definition) is 1. The van der Waals surface area contributed by atoms with E-state index in [0.717, 1.165) is 12.8 Å². The van der Waals surface area contributed by atoms with Gasteiger partial charge in [-0.2, -0.15) is 5.06 Å². The maximum Gasteiger partial charge on any atom is 0.0413 e. The predicted octanol–water partition coefficient (Wildman–Crippen LogP) is 2.23. The average molecular weight is 156 g/mol. The van der Waals surface area contributed by atoms with Gasteiger partial charge in [-0.25, -0.2) is 0 Å². The second kappa shape index (κ2) is 2.46. The summed E-state index contributed by atoms with van der Waals surface area (Å²) in [5.41, 5.74) is -0.191. The van der Waals surface area contributed by atoms with Gasteiger partial charge in [0.2, 0.25) is 0 Å². The van der Waals surface area contributed by atoms with Crippen molar-refractivity contribution >= 4 is 0 Å². The molecule has 0 atom stereocenters. The Kier molecular flexibility index (Phi) is 2.01. The van der Waals surface area contributed by atoms with Gasteiger partial charge >= 0.3 is 0 Å². The van der Waals surface area contributed by atoms with Crippen LogP contribution >= 0.6 is 0 Å². The summed E-state index contributed by atoms with van der Waals surface area (Å²) in [6.45, 7) is 8.24. The van der Waals surface area contributed by atoms with Crippen LogP contribution in [0.15, 0.2) is 0 Å². The molecule has 0 bridgehead atoms. The predicted molar refractivity (Wildman–Crippen MR) is 45.3 cm³/mol. The smallest absolute Gasteiger partial charge is 0.0413 e. The number of nitrogens with zero attached hydrogens (tertiary/aromatic N) is 1. The SMILES string of the molecule is CC1(C)C[CH]CC(C)(C)N1O. The Bertz CT molecular complexity index is 136. The van der Waals surface area contributed by atoms with E-state index < -0.39 is 0 Å². The summed E-state index contributed by atoms with van der Waals surface area (Å²) in [7, 11) is 0. The van der Waals surface area contributed by atoms with Gasteiger partial charge in [-0.1, -0.05) is 0 Å². The lowest BCUT2D eigenvalue weighted by atomic mass is 9.82. The maximum atomic E-state index is 9.78. The highest BCUT2D eigenvalue weighted by molar-refractivity contribution is 4.99. The zero-order valence-electron chi connectivity index (χ0n) is 7.89.